The van der Waals surface area contributed by atoms with Crippen LogP contribution < -0.4 is 10.5 Å². The smallest absolute Gasteiger partial charge is 0.125 e. The Bertz CT molecular complexity index is 610. The molecule has 6 heteroatoms. The van der Waals surface area contributed by atoms with E-state index in [1.807, 2.05) is 22.9 Å². The van der Waals surface area contributed by atoms with E-state index in [-0.39, 0.29) is 12.1 Å². The van der Waals surface area contributed by atoms with E-state index in [0.29, 0.717) is 0 Å². The predicted octanol–water partition coefficient (Wildman–Crippen LogP) is 4.05. The molecule has 1 unspecified atom stereocenters. The summed E-state index contributed by atoms with van der Waals surface area (Å²) in [6.45, 7) is 4.16. The van der Waals surface area contributed by atoms with Crippen molar-refractivity contribution in [3.8, 4) is 5.75 Å². The topological polar surface area (TPSA) is 53.1 Å². The fourth-order valence-electron chi connectivity index (χ4n) is 2.14. The minimum Gasteiger partial charge on any atom is -0.496 e. The first-order valence-corrected chi connectivity index (χ1v) is 7.86. The third-order valence-corrected chi connectivity index (χ3v) is 4.21. The number of methoxy groups -OCH3 is 1. The van der Waals surface area contributed by atoms with Crippen LogP contribution in [0, 0.1) is 0 Å². The average molecular weight is 403 g/mol. The summed E-state index contributed by atoms with van der Waals surface area (Å²) in [5.41, 5.74) is 8.31. The monoisotopic (exact) mass is 401 g/mol. The molecule has 0 amide bonds. The van der Waals surface area contributed by atoms with Gasteiger partial charge in [-0.05, 0) is 41.9 Å². The van der Waals surface area contributed by atoms with Gasteiger partial charge in [0, 0.05) is 16.1 Å². The largest absolute Gasteiger partial charge is 0.496 e. The second kappa shape index (κ2) is 6.28. The van der Waals surface area contributed by atoms with Crippen molar-refractivity contribution in [2.75, 3.05) is 7.11 Å². The Balaban J connectivity index is 2.51. The molecule has 1 atom stereocenters. The number of hydrogen-bond acceptors (Lipinski definition) is 3. The van der Waals surface area contributed by atoms with Crippen molar-refractivity contribution in [2.45, 2.75) is 25.9 Å². The highest BCUT2D eigenvalue weighted by atomic mass is 79.9. The first kappa shape index (κ1) is 15.5. The van der Waals surface area contributed by atoms with E-state index in [0.717, 1.165) is 26.0 Å². The number of halogens is 2. The minimum absolute atomic E-state index is 0.240. The van der Waals surface area contributed by atoms with Gasteiger partial charge >= 0.3 is 0 Å². The van der Waals surface area contributed by atoms with E-state index in [1.165, 1.54) is 0 Å². The zero-order valence-electron chi connectivity index (χ0n) is 11.6. The molecule has 0 radical (unpaired) electrons. The van der Waals surface area contributed by atoms with Crippen LogP contribution in [0.5, 0.6) is 5.75 Å². The van der Waals surface area contributed by atoms with E-state index in [1.54, 1.807) is 13.3 Å². The van der Waals surface area contributed by atoms with Crippen LogP contribution in [0.3, 0.4) is 0 Å². The molecular weight excluding hydrogens is 386 g/mol. The molecule has 2 N–H and O–H groups in total. The summed E-state index contributed by atoms with van der Waals surface area (Å²) in [4.78, 5) is 0. The highest BCUT2D eigenvalue weighted by Crippen LogP contribution is 2.34. The quantitative estimate of drug-likeness (QED) is 0.839. The lowest BCUT2D eigenvalue weighted by atomic mass is 10.0. The second-order valence-electron chi connectivity index (χ2n) is 4.78. The Kier molecular flexibility index (Phi) is 4.88. The molecule has 1 aromatic heterocycles. The van der Waals surface area contributed by atoms with E-state index < -0.39 is 0 Å². The van der Waals surface area contributed by atoms with Gasteiger partial charge in [0.05, 0.1) is 29.5 Å². The lowest BCUT2D eigenvalue weighted by molar-refractivity contribution is 0.405. The summed E-state index contributed by atoms with van der Waals surface area (Å²) in [7, 11) is 1.65. The standard InChI is InChI=1S/C14H17Br2N3O/c1-8(2)19-14(11(16)7-18-19)13(17)10-5-4-9(15)6-12(10)20-3/h4-8,13H,17H2,1-3H3. The van der Waals surface area contributed by atoms with Crippen LogP contribution in [0.25, 0.3) is 0 Å². The Morgan fingerprint density at radius 2 is 2.00 bits per heavy atom. The molecule has 0 fully saturated rings. The molecular formula is C14H17Br2N3O. The molecule has 1 heterocycles. The first-order chi connectivity index (χ1) is 9.45. The fraction of sp³-hybridized carbons (Fsp3) is 0.357. The molecule has 20 heavy (non-hydrogen) atoms. The summed E-state index contributed by atoms with van der Waals surface area (Å²) < 4.78 is 9.22. The Hall–Kier alpha value is -0.850. The lowest BCUT2D eigenvalue weighted by Crippen LogP contribution is -2.19. The van der Waals surface area contributed by atoms with Gasteiger partial charge in [0.2, 0.25) is 0 Å². The molecule has 1 aromatic carbocycles. The minimum atomic E-state index is -0.308. The molecule has 2 aromatic rings. The maximum atomic E-state index is 6.44. The number of nitrogens with two attached hydrogens (primary N) is 1. The van der Waals surface area contributed by atoms with Gasteiger partial charge in [-0.1, -0.05) is 22.0 Å². The summed E-state index contributed by atoms with van der Waals surface area (Å²) in [5.74, 6) is 0.760. The molecule has 0 bridgehead atoms. The van der Waals surface area contributed by atoms with Crippen molar-refractivity contribution in [1.82, 2.24) is 9.78 Å². The predicted molar refractivity (Wildman–Crippen MR) is 87.0 cm³/mol. The van der Waals surface area contributed by atoms with Crippen LogP contribution in [0.1, 0.15) is 37.2 Å². The van der Waals surface area contributed by atoms with Gasteiger partial charge in [0.25, 0.3) is 0 Å². The maximum Gasteiger partial charge on any atom is 0.125 e. The molecule has 0 spiro atoms. The van der Waals surface area contributed by atoms with Crippen LogP contribution in [-0.4, -0.2) is 16.9 Å². The third-order valence-electron chi connectivity index (χ3n) is 3.10. The maximum absolute atomic E-state index is 6.44. The molecule has 108 valence electrons. The first-order valence-electron chi connectivity index (χ1n) is 6.27. The fourth-order valence-corrected chi connectivity index (χ4v) is 3.00. The average Bonchev–Trinajstić information content (AvgIpc) is 2.79. The molecule has 2 rings (SSSR count). The van der Waals surface area contributed by atoms with Crippen LogP contribution >= 0.6 is 31.9 Å². The van der Waals surface area contributed by atoms with Crippen LogP contribution in [0.4, 0.5) is 0 Å². The van der Waals surface area contributed by atoms with Crippen molar-refractivity contribution in [3.05, 3.63) is 44.6 Å². The van der Waals surface area contributed by atoms with Gasteiger partial charge in [-0.25, -0.2) is 0 Å². The van der Waals surface area contributed by atoms with E-state index in [9.17, 15) is 0 Å². The highest BCUT2D eigenvalue weighted by molar-refractivity contribution is 9.10. The Morgan fingerprint density at radius 3 is 2.60 bits per heavy atom. The number of benzene rings is 1. The van der Waals surface area contributed by atoms with Gasteiger partial charge in [0.1, 0.15) is 5.75 Å². The summed E-state index contributed by atoms with van der Waals surface area (Å²) in [5, 5.41) is 4.37. The van der Waals surface area contributed by atoms with Gasteiger partial charge in [-0.15, -0.1) is 0 Å². The summed E-state index contributed by atoms with van der Waals surface area (Å²) in [6.07, 6.45) is 1.78. The van der Waals surface area contributed by atoms with E-state index in [2.05, 4.69) is 50.8 Å². The SMILES string of the molecule is COc1cc(Br)ccc1C(N)c1c(Br)cnn1C(C)C. The number of aromatic nitrogens is 2. The lowest BCUT2D eigenvalue weighted by Gasteiger charge is -2.20. The zero-order valence-corrected chi connectivity index (χ0v) is 14.8. The molecule has 0 saturated heterocycles. The Morgan fingerprint density at radius 1 is 1.30 bits per heavy atom. The summed E-state index contributed by atoms with van der Waals surface area (Å²) >= 11 is 6.97. The van der Waals surface area contributed by atoms with Crippen molar-refractivity contribution in [1.29, 1.82) is 0 Å². The van der Waals surface area contributed by atoms with Crippen molar-refractivity contribution in [2.24, 2.45) is 5.73 Å². The molecule has 0 aliphatic rings. The molecule has 4 nitrogen and oxygen atoms in total. The van der Waals surface area contributed by atoms with Crippen molar-refractivity contribution in [3.63, 3.8) is 0 Å². The second-order valence-corrected chi connectivity index (χ2v) is 6.55. The van der Waals surface area contributed by atoms with Crippen LogP contribution in [0.15, 0.2) is 33.3 Å². The van der Waals surface area contributed by atoms with Gasteiger partial charge in [-0.2, -0.15) is 5.10 Å². The Labute approximate surface area is 135 Å². The zero-order chi connectivity index (χ0) is 14.9. The van der Waals surface area contributed by atoms with Gasteiger partial charge in [-0.3, -0.25) is 4.68 Å². The van der Waals surface area contributed by atoms with Gasteiger partial charge in [0.15, 0.2) is 0 Å². The number of ether oxygens (including phenoxy) is 1. The van der Waals surface area contributed by atoms with E-state index in [4.69, 9.17) is 10.5 Å². The van der Waals surface area contributed by atoms with Gasteiger partial charge < -0.3 is 10.5 Å². The summed E-state index contributed by atoms with van der Waals surface area (Å²) in [6, 6.07) is 5.78. The van der Waals surface area contributed by atoms with E-state index >= 15 is 0 Å². The number of hydrogen-bond donors (Lipinski definition) is 1. The normalized spacial score (nSPS) is 12.8. The molecule has 0 saturated carbocycles. The number of nitrogens with zero attached hydrogens (tertiary/aromatic N) is 2. The number of rotatable bonds is 4. The molecule has 0 aliphatic heterocycles. The van der Waals surface area contributed by atoms with Crippen molar-refractivity contribution >= 4 is 31.9 Å². The molecule has 0 aliphatic carbocycles. The van der Waals surface area contributed by atoms with Crippen LogP contribution in [-0.2, 0) is 0 Å². The van der Waals surface area contributed by atoms with Crippen LogP contribution in [0.2, 0.25) is 0 Å². The highest BCUT2D eigenvalue weighted by Gasteiger charge is 2.22. The third kappa shape index (κ3) is 2.92. The van der Waals surface area contributed by atoms with Crippen molar-refractivity contribution < 1.29 is 4.74 Å².